The fourth-order valence-corrected chi connectivity index (χ4v) is 1.68. The second-order valence-electron chi connectivity index (χ2n) is 3.91. The molecule has 0 radical (unpaired) electrons. The van der Waals surface area contributed by atoms with Gasteiger partial charge in [-0.3, -0.25) is 0 Å². The summed E-state index contributed by atoms with van der Waals surface area (Å²) in [7, 11) is 1.62. The molecule has 6 heteroatoms. The molecule has 0 bridgehead atoms. The zero-order valence-electron chi connectivity index (χ0n) is 10.9. The Labute approximate surface area is 116 Å². The molecule has 0 aliphatic carbocycles. The van der Waals surface area contributed by atoms with Gasteiger partial charge in [-0.05, 0) is 18.2 Å². The van der Waals surface area contributed by atoms with E-state index in [2.05, 4.69) is 15.0 Å². The highest BCUT2D eigenvalue weighted by Gasteiger charge is 2.03. The van der Waals surface area contributed by atoms with Gasteiger partial charge in [-0.2, -0.15) is 0 Å². The summed E-state index contributed by atoms with van der Waals surface area (Å²) in [4.78, 5) is 14.4. The molecule has 2 N–H and O–H groups in total. The number of anilines is 1. The Kier molecular flexibility index (Phi) is 4.39. The molecule has 6 nitrogen and oxygen atoms in total. The first-order chi connectivity index (χ1) is 9.69. The molecule has 104 valence electrons. The number of aromatic nitrogens is 1. The van der Waals surface area contributed by atoms with Crippen LogP contribution in [0.15, 0.2) is 42.6 Å². The number of para-hydroxylation sites is 1. The van der Waals surface area contributed by atoms with Crippen LogP contribution in [0.5, 0.6) is 11.5 Å². The summed E-state index contributed by atoms with van der Waals surface area (Å²) in [6.07, 6.45) is -0.0138. The van der Waals surface area contributed by atoms with Crippen LogP contribution >= 0.6 is 0 Å². The Bertz CT molecular complexity index is 584. The van der Waals surface area contributed by atoms with Crippen molar-refractivity contribution in [2.75, 3.05) is 12.4 Å². The van der Waals surface area contributed by atoms with Gasteiger partial charge < -0.3 is 19.9 Å². The fourth-order valence-electron chi connectivity index (χ4n) is 1.68. The third kappa shape index (κ3) is 3.61. The zero-order valence-corrected chi connectivity index (χ0v) is 10.9. The van der Waals surface area contributed by atoms with Crippen molar-refractivity contribution >= 4 is 12.0 Å². The van der Waals surface area contributed by atoms with Crippen molar-refractivity contribution in [2.45, 2.75) is 6.54 Å². The first-order valence-electron chi connectivity index (χ1n) is 5.91. The number of rotatable bonds is 5. The number of pyridine rings is 1. The number of nitrogens with zero attached hydrogens (tertiary/aromatic N) is 1. The molecule has 2 rings (SSSR count). The summed E-state index contributed by atoms with van der Waals surface area (Å²) >= 11 is 0. The Hall–Kier alpha value is -2.76. The molecule has 0 saturated carbocycles. The number of ether oxygens (including phenoxy) is 2. The van der Waals surface area contributed by atoms with Gasteiger partial charge in [0, 0.05) is 12.1 Å². The van der Waals surface area contributed by atoms with Crippen molar-refractivity contribution in [1.29, 1.82) is 0 Å². The van der Waals surface area contributed by atoms with E-state index in [-0.39, 0.29) is 5.75 Å². The van der Waals surface area contributed by atoms with Crippen molar-refractivity contribution < 1.29 is 19.4 Å². The van der Waals surface area contributed by atoms with E-state index in [4.69, 9.17) is 9.84 Å². The zero-order chi connectivity index (χ0) is 14.4. The van der Waals surface area contributed by atoms with Gasteiger partial charge in [0.25, 0.3) is 0 Å². The first-order valence-corrected chi connectivity index (χ1v) is 5.91. The Morgan fingerprint density at radius 2 is 2.10 bits per heavy atom. The van der Waals surface area contributed by atoms with E-state index in [9.17, 15) is 4.79 Å². The Morgan fingerprint density at radius 3 is 2.75 bits per heavy atom. The van der Waals surface area contributed by atoms with Crippen LogP contribution in [0.3, 0.4) is 0 Å². The topological polar surface area (TPSA) is 80.7 Å². The number of hydrogen-bond acceptors (Lipinski definition) is 5. The van der Waals surface area contributed by atoms with Gasteiger partial charge in [-0.15, -0.1) is 0 Å². The molecule has 0 atom stereocenters. The van der Waals surface area contributed by atoms with Crippen LogP contribution in [-0.2, 0) is 6.54 Å². The molecule has 0 amide bonds. The van der Waals surface area contributed by atoms with Crippen LogP contribution in [0.1, 0.15) is 5.56 Å². The van der Waals surface area contributed by atoms with Crippen LogP contribution in [0.4, 0.5) is 10.6 Å². The normalized spacial score (nSPS) is 9.85. The van der Waals surface area contributed by atoms with Gasteiger partial charge in [0.1, 0.15) is 11.6 Å². The minimum Gasteiger partial charge on any atom is -0.496 e. The number of benzene rings is 1. The van der Waals surface area contributed by atoms with Gasteiger partial charge in [-0.1, -0.05) is 18.2 Å². The minimum absolute atomic E-state index is 0.181. The number of hydrogen-bond donors (Lipinski definition) is 2. The maximum absolute atomic E-state index is 10.4. The summed E-state index contributed by atoms with van der Waals surface area (Å²) < 4.78 is 9.73. The highest BCUT2D eigenvalue weighted by Crippen LogP contribution is 2.19. The summed E-state index contributed by atoms with van der Waals surface area (Å²) in [5, 5.41) is 11.6. The molecule has 0 aliphatic heterocycles. The average molecular weight is 274 g/mol. The molecule has 20 heavy (non-hydrogen) atoms. The van der Waals surface area contributed by atoms with E-state index in [1.165, 1.54) is 12.3 Å². The van der Waals surface area contributed by atoms with E-state index in [0.29, 0.717) is 12.4 Å². The van der Waals surface area contributed by atoms with Crippen LogP contribution in [0.25, 0.3) is 0 Å². The van der Waals surface area contributed by atoms with E-state index >= 15 is 0 Å². The summed E-state index contributed by atoms with van der Waals surface area (Å²) in [6.45, 7) is 0.552. The predicted molar refractivity (Wildman–Crippen MR) is 73.2 cm³/mol. The third-order valence-corrected chi connectivity index (χ3v) is 2.59. The summed E-state index contributed by atoms with van der Waals surface area (Å²) in [6, 6.07) is 10.8. The second kappa shape index (κ2) is 6.42. The average Bonchev–Trinajstić information content (AvgIpc) is 2.46. The molecule has 0 saturated heterocycles. The number of methoxy groups -OCH3 is 1. The summed E-state index contributed by atoms with van der Waals surface area (Å²) in [5.74, 6) is 1.60. The van der Waals surface area contributed by atoms with Gasteiger partial charge >= 0.3 is 6.16 Å². The quantitative estimate of drug-likeness (QED) is 0.816. The maximum atomic E-state index is 10.4. The molecule has 1 heterocycles. The van der Waals surface area contributed by atoms with Crippen molar-refractivity contribution in [3.8, 4) is 11.5 Å². The largest absolute Gasteiger partial charge is 0.511 e. The van der Waals surface area contributed by atoms with E-state index in [1.54, 1.807) is 13.2 Å². The predicted octanol–water partition coefficient (Wildman–Crippen LogP) is 2.76. The molecule has 0 spiro atoms. The molecule has 0 aliphatic rings. The molecule has 1 aromatic carbocycles. The smallest absolute Gasteiger partial charge is 0.496 e. The number of carboxylic acid groups (broad SMARTS) is 1. The van der Waals surface area contributed by atoms with Crippen molar-refractivity contribution in [3.63, 3.8) is 0 Å². The number of nitrogens with one attached hydrogen (secondary N) is 1. The lowest BCUT2D eigenvalue weighted by molar-refractivity contribution is 0.144. The van der Waals surface area contributed by atoms with Gasteiger partial charge in [0.05, 0.1) is 13.3 Å². The lowest BCUT2D eigenvalue weighted by Crippen LogP contribution is -2.05. The Morgan fingerprint density at radius 1 is 1.30 bits per heavy atom. The van der Waals surface area contributed by atoms with Gasteiger partial charge in [-0.25, -0.2) is 9.78 Å². The standard InChI is InChI=1S/C14H14N2O4/c1-19-12-5-3-2-4-10(12)8-15-13-7-6-11(9-16-13)20-14(17)18/h2-7,9H,8H2,1H3,(H,15,16)(H,17,18). The first kappa shape index (κ1) is 13.7. The van der Waals surface area contributed by atoms with Crippen LogP contribution < -0.4 is 14.8 Å². The molecule has 0 fully saturated rings. The van der Waals surface area contributed by atoms with E-state index in [0.717, 1.165) is 11.3 Å². The molecule has 0 unspecified atom stereocenters. The van der Waals surface area contributed by atoms with Crippen LogP contribution in [-0.4, -0.2) is 23.4 Å². The highest BCUT2D eigenvalue weighted by atomic mass is 16.7. The van der Waals surface area contributed by atoms with E-state index < -0.39 is 6.16 Å². The van der Waals surface area contributed by atoms with E-state index in [1.807, 2.05) is 24.3 Å². The number of carbonyl (C=O) groups is 1. The molecule has 2 aromatic rings. The SMILES string of the molecule is COc1ccccc1CNc1ccc(OC(=O)O)cn1. The van der Waals surface area contributed by atoms with Gasteiger partial charge in [0.15, 0.2) is 5.75 Å². The highest BCUT2D eigenvalue weighted by molar-refractivity contribution is 5.61. The molecular weight excluding hydrogens is 260 g/mol. The van der Waals surface area contributed by atoms with Crippen LogP contribution in [0.2, 0.25) is 0 Å². The second-order valence-corrected chi connectivity index (χ2v) is 3.91. The third-order valence-electron chi connectivity index (χ3n) is 2.59. The minimum atomic E-state index is -1.36. The maximum Gasteiger partial charge on any atom is 0.511 e. The van der Waals surface area contributed by atoms with Gasteiger partial charge in [0.2, 0.25) is 0 Å². The van der Waals surface area contributed by atoms with Crippen molar-refractivity contribution in [2.24, 2.45) is 0 Å². The monoisotopic (exact) mass is 274 g/mol. The van der Waals surface area contributed by atoms with Crippen LogP contribution in [0, 0.1) is 0 Å². The van der Waals surface area contributed by atoms with Crippen molar-refractivity contribution in [3.05, 3.63) is 48.2 Å². The van der Waals surface area contributed by atoms with Crippen molar-refractivity contribution in [1.82, 2.24) is 4.98 Å². The Balaban J connectivity index is 1.98. The lowest BCUT2D eigenvalue weighted by atomic mass is 10.2. The molecule has 1 aromatic heterocycles. The summed E-state index contributed by atoms with van der Waals surface area (Å²) in [5.41, 5.74) is 1.00. The lowest BCUT2D eigenvalue weighted by Gasteiger charge is -2.10. The molecular formula is C14H14N2O4. The fraction of sp³-hybridized carbons (Fsp3) is 0.143.